The largest absolute Gasteiger partial charge is 0.179 e. The number of hydrogen-bond acceptors (Lipinski definition) is 1. The van der Waals surface area contributed by atoms with E-state index >= 15 is 0 Å². The second-order valence-electron chi connectivity index (χ2n) is 3.37. The van der Waals surface area contributed by atoms with Crippen LogP contribution in [0.4, 0.5) is 0 Å². The molecule has 1 aromatic rings. The van der Waals surface area contributed by atoms with Crippen molar-refractivity contribution in [1.82, 2.24) is 0 Å². The van der Waals surface area contributed by atoms with Gasteiger partial charge in [0.25, 0.3) is 0 Å². The van der Waals surface area contributed by atoms with E-state index in [0.29, 0.717) is 0 Å². The highest BCUT2D eigenvalue weighted by molar-refractivity contribution is 9.10. The summed E-state index contributed by atoms with van der Waals surface area (Å²) in [5, 5.41) is 0. The molecule has 72 valence electrons. The summed E-state index contributed by atoms with van der Waals surface area (Å²) in [6.07, 6.45) is 2.29. The second kappa shape index (κ2) is 5.06. The molecule has 0 saturated carbocycles. The summed E-state index contributed by atoms with van der Waals surface area (Å²) in [4.78, 5) is 0. The van der Waals surface area contributed by atoms with E-state index in [1.165, 1.54) is 21.2 Å². The van der Waals surface area contributed by atoms with E-state index in [9.17, 15) is 0 Å². The van der Waals surface area contributed by atoms with Gasteiger partial charge in [-0.1, -0.05) is 28.1 Å². The molecule has 0 fully saturated rings. The molecule has 0 atom stereocenters. The highest BCUT2D eigenvalue weighted by Crippen LogP contribution is 2.23. The molecule has 0 saturated heterocycles. The first-order valence-electron chi connectivity index (χ1n) is 4.51. The molecule has 0 aliphatic carbocycles. The zero-order chi connectivity index (χ0) is 9.84. The Morgan fingerprint density at radius 2 is 1.77 bits per heavy atom. The van der Waals surface area contributed by atoms with Crippen LogP contribution in [-0.2, 0) is 6.42 Å². The number of halogens is 1. The van der Waals surface area contributed by atoms with Crippen molar-refractivity contribution in [3.05, 3.63) is 33.3 Å². The minimum atomic E-state index is 0.966. The Hall–Kier alpha value is 0.0500. The number of rotatable bonds is 3. The molecule has 0 heterocycles. The summed E-state index contributed by atoms with van der Waals surface area (Å²) < 4.78 is 1.24. The van der Waals surface area contributed by atoms with E-state index in [-0.39, 0.29) is 0 Å². The Labute approximate surface area is 94.3 Å². The molecule has 0 aliphatic heterocycles. The van der Waals surface area contributed by atoms with Crippen molar-refractivity contribution < 1.29 is 0 Å². The molecule has 13 heavy (non-hydrogen) atoms. The van der Waals surface area contributed by atoms with Crippen molar-refractivity contribution in [2.24, 2.45) is 0 Å². The Morgan fingerprint density at radius 1 is 1.23 bits per heavy atom. The lowest BCUT2D eigenvalue weighted by Gasteiger charge is -2.07. The van der Waals surface area contributed by atoms with Crippen molar-refractivity contribution in [1.29, 1.82) is 0 Å². The van der Waals surface area contributed by atoms with Crippen molar-refractivity contribution in [2.45, 2.75) is 26.7 Å². The van der Waals surface area contributed by atoms with Crippen molar-refractivity contribution in [2.75, 3.05) is 5.75 Å². The van der Waals surface area contributed by atoms with E-state index in [0.717, 1.165) is 18.6 Å². The van der Waals surface area contributed by atoms with E-state index in [4.69, 9.17) is 0 Å². The third-order valence-electron chi connectivity index (χ3n) is 2.12. The van der Waals surface area contributed by atoms with Crippen LogP contribution in [0.25, 0.3) is 0 Å². The van der Waals surface area contributed by atoms with Gasteiger partial charge < -0.3 is 0 Å². The minimum absolute atomic E-state index is 0.966. The first-order valence-corrected chi connectivity index (χ1v) is 5.94. The maximum absolute atomic E-state index is 4.21. The van der Waals surface area contributed by atoms with Gasteiger partial charge in [-0.05, 0) is 49.1 Å². The fourth-order valence-electron chi connectivity index (χ4n) is 1.46. The van der Waals surface area contributed by atoms with Gasteiger partial charge in [-0.3, -0.25) is 0 Å². The third-order valence-corrected chi connectivity index (χ3v) is 3.69. The summed E-state index contributed by atoms with van der Waals surface area (Å²) in [6.45, 7) is 4.28. The quantitative estimate of drug-likeness (QED) is 0.781. The fourth-order valence-corrected chi connectivity index (χ4v) is 1.85. The number of aryl methyl sites for hydroxylation is 3. The maximum atomic E-state index is 4.21. The average Bonchev–Trinajstić information content (AvgIpc) is 2.10. The van der Waals surface area contributed by atoms with E-state index in [2.05, 4.69) is 54.5 Å². The molecule has 0 amide bonds. The van der Waals surface area contributed by atoms with Gasteiger partial charge in [0.15, 0.2) is 0 Å². The van der Waals surface area contributed by atoms with Crippen LogP contribution in [-0.4, -0.2) is 5.75 Å². The smallest absolute Gasteiger partial charge is 0.0233 e. The van der Waals surface area contributed by atoms with Crippen LogP contribution >= 0.6 is 28.6 Å². The van der Waals surface area contributed by atoms with Gasteiger partial charge in [0, 0.05) is 4.47 Å². The number of hydrogen-bond donors (Lipinski definition) is 1. The summed E-state index contributed by atoms with van der Waals surface area (Å²) in [6, 6.07) is 4.50. The summed E-state index contributed by atoms with van der Waals surface area (Å²) in [5.41, 5.74) is 4.08. The van der Waals surface area contributed by atoms with Gasteiger partial charge in [0.1, 0.15) is 0 Å². The number of benzene rings is 1. The molecular formula is C11H15BrS. The van der Waals surface area contributed by atoms with E-state index in [1.807, 2.05) is 0 Å². The number of thiol groups is 1. The minimum Gasteiger partial charge on any atom is -0.179 e. The van der Waals surface area contributed by atoms with Gasteiger partial charge in [0.2, 0.25) is 0 Å². The van der Waals surface area contributed by atoms with Crippen LogP contribution in [0.2, 0.25) is 0 Å². The zero-order valence-electron chi connectivity index (χ0n) is 8.10. The lowest BCUT2D eigenvalue weighted by atomic mass is 10.0. The lowest BCUT2D eigenvalue weighted by Crippen LogP contribution is -1.90. The molecule has 0 radical (unpaired) electrons. The molecule has 0 nitrogen and oxygen atoms in total. The highest BCUT2D eigenvalue weighted by atomic mass is 79.9. The summed E-state index contributed by atoms with van der Waals surface area (Å²) >= 11 is 7.78. The van der Waals surface area contributed by atoms with Crippen LogP contribution in [0.5, 0.6) is 0 Å². The normalized spacial score (nSPS) is 10.5. The summed E-state index contributed by atoms with van der Waals surface area (Å²) in [5.74, 6) is 0.966. The molecule has 1 aromatic carbocycles. The Morgan fingerprint density at radius 3 is 2.23 bits per heavy atom. The monoisotopic (exact) mass is 258 g/mol. The van der Waals surface area contributed by atoms with Crippen LogP contribution in [0.1, 0.15) is 23.1 Å². The van der Waals surface area contributed by atoms with Crippen molar-refractivity contribution in [3.8, 4) is 0 Å². The van der Waals surface area contributed by atoms with E-state index in [1.54, 1.807) is 0 Å². The molecule has 0 unspecified atom stereocenters. The zero-order valence-corrected chi connectivity index (χ0v) is 10.6. The van der Waals surface area contributed by atoms with Gasteiger partial charge in [-0.2, -0.15) is 12.6 Å². The van der Waals surface area contributed by atoms with Crippen LogP contribution < -0.4 is 0 Å². The molecule has 1 rings (SSSR count). The molecule has 0 spiro atoms. The standard InChI is InChI=1S/C11H15BrS/c1-8-6-10(4-3-5-13)7-9(2)11(8)12/h6-7,13H,3-5H2,1-2H3. The molecular weight excluding hydrogens is 244 g/mol. The molecule has 0 aliphatic rings. The molecule has 2 heteroatoms. The van der Waals surface area contributed by atoms with Gasteiger partial charge in [-0.15, -0.1) is 0 Å². The third kappa shape index (κ3) is 3.03. The van der Waals surface area contributed by atoms with E-state index < -0.39 is 0 Å². The van der Waals surface area contributed by atoms with Crippen LogP contribution in [0.3, 0.4) is 0 Å². The lowest BCUT2D eigenvalue weighted by molar-refractivity contribution is 0.931. The Balaban J connectivity index is 2.86. The predicted octanol–water partition coefficient (Wildman–Crippen LogP) is 3.93. The summed E-state index contributed by atoms with van der Waals surface area (Å²) in [7, 11) is 0. The van der Waals surface area contributed by atoms with Crippen LogP contribution in [0, 0.1) is 13.8 Å². The van der Waals surface area contributed by atoms with Crippen LogP contribution in [0.15, 0.2) is 16.6 Å². The van der Waals surface area contributed by atoms with Gasteiger partial charge in [0.05, 0.1) is 0 Å². The first-order chi connectivity index (χ1) is 6.15. The molecule has 0 bridgehead atoms. The maximum Gasteiger partial charge on any atom is 0.0233 e. The van der Waals surface area contributed by atoms with Gasteiger partial charge in [-0.25, -0.2) is 0 Å². The fraction of sp³-hybridized carbons (Fsp3) is 0.455. The molecule has 0 aromatic heterocycles. The highest BCUT2D eigenvalue weighted by Gasteiger charge is 2.01. The Bertz CT molecular complexity index is 271. The SMILES string of the molecule is Cc1cc(CCCS)cc(C)c1Br. The van der Waals surface area contributed by atoms with Crippen molar-refractivity contribution in [3.63, 3.8) is 0 Å². The molecule has 0 N–H and O–H groups in total. The second-order valence-corrected chi connectivity index (χ2v) is 4.61. The predicted molar refractivity (Wildman–Crippen MR) is 65.8 cm³/mol. The average molecular weight is 259 g/mol. The van der Waals surface area contributed by atoms with Gasteiger partial charge >= 0.3 is 0 Å². The first kappa shape index (κ1) is 11.1. The Kier molecular flexibility index (Phi) is 4.33. The van der Waals surface area contributed by atoms with Crippen molar-refractivity contribution >= 4 is 28.6 Å². The topological polar surface area (TPSA) is 0 Å².